The van der Waals surface area contributed by atoms with E-state index in [4.69, 9.17) is 14.2 Å². The molecule has 1 heterocycles. The lowest BCUT2D eigenvalue weighted by Crippen LogP contribution is -2.30. The molecule has 23 heavy (non-hydrogen) atoms. The average molecular weight is 318 g/mol. The van der Waals surface area contributed by atoms with Crippen molar-refractivity contribution in [2.45, 2.75) is 39.3 Å². The summed E-state index contributed by atoms with van der Waals surface area (Å²) >= 11 is 0. The molecule has 1 unspecified atom stereocenters. The molecule has 0 aliphatic carbocycles. The summed E-state index contributed by atoms with van der Waals surface area (Å²) in [5, 5.41) is 0. The third kappa shape index (κ3) is 6.02. The van der Waals surface area contributed by atoms with Gasteiger partial charge in [-0.15, -0.1) is 0 Å². The quantitative estimate of drug-likeness (QED) is 0.691. The van der Waals surface area contributed by atoms with Gasteiger partial charge in [0.2, 0.25) is 11.8 Å². The highest BCUT2D eigenvalue weighted by atomic mass is 16.5. The van der Waals surface area contributed by atoms with Crippen molar-refractivity contribution >= 4 is 11.8 Å². The van der Waals surface area contributed by atoms with E-state index in [1.165, 1.54) is 5.56 Å². The Morgan fingerprint density at radius 2 is 1.87 bits per heavy atom. The summed E-state index contributed by atoms with van der Waals surface area (Å²) in [6, 6.07) is 10.1. The van der Waals surface area contributed by atoms with Crippen LogP contribution in [0.5, 0.6) is 0 Å². The van der Waals surface area contributed by atoms with Gasteiger partial charge in [0, 0.05) is 6.61 Å². The number of nitrogens with zero attached hydrogens (tertiary/aromatic N) is 2. The molecule has 2 rings (SSSR count). The molecule has 1 aromatic carbocycles. The molecule has 0 bridgehead atoms. The lowest BCUT2D eigenvalue weighted by atomic mass is 10.1. The van der Waals surface area contributed by atoms with E-state index >= 15 is 0 Å². The van der Waals surface area contributed by atoms with Gasteiger partial charge in [0.15, 0.2) is 0 Å². The zero-order valence-electron chi connectivity index (χ0n) is 14.0. The van der Waals surface area contributed by atoms with E-state index in [1.807, 2.05) is 32.0 Å². The van der Waals surface area contributed by atoms with Crippen molar-refractivity contribution in [2.75, 3.05) is 26.4 Å². The van der Waals surface area contributed by atoms with Gasteiger partial charge in [-0.3, -0.25) is 0 Å². The second-order valence-corrected chi connectivity index (χ2v) is 5.24. The van der Waals surface area contributed by atoms with Crippen molar-refractivity contribution in [3.05, 3.63) is 35.9 Å². The molecule has 0 saturated heterocycles. The van der Waals surface area contributed by atoms with Gasteiger partial charge in [-0.25, -0.2) is 9.98 Å². The van der Waals surface area contributed by atoms with Crippen LogP contribution >= 0.6 is 0 Å². The molecule has 1 aromatic rings. The van der Waals surface area contributed by atoms with E-state index in [0.29, 0.717) is 38.9 Å². The maximum Gasteiger partial charge on any atom is 0.209 e. The van der Waals surface area contributed by atoms with E-state index in [2.05, 4.69) is 22.1 Å². The predicted molar refractivity (Wildman–Crippen MR) is 92.1 cm³/mol. The lowest BCUT2D eigenvalue weighted by molar-refractivity contribution is 0.116. The second-order valence-electron chi connectivity index (χ2n) is 5.24. The summed E-state index contributed by atoms with van der Waals surface area (Å²) < 4.78 is 16.8. The first-order valence-electron chi connectivity index (χ1n) is 8.31. The van der Waals surface area contributed by atoms with Crippen molar-refractivity contribution in [2.24, 2.45) is 9.98 Å². The summed E-state index contributed by atoms with van der Waals surface area (Å²) in [7, 11) is 0. The molecule has 0 spiro atoms. The molecule has 5 heteroatoms. The van der Waals surface area contributed by atoms with Crippen molar-refractivity contribution in [1.29, 1.82) is 0 Å². The molecule has 0 fully saturated rings. The number of benzene rings is 1. The van der Waals surface area contributed by atoms with E-state index < -0.39 is 0 Å². The minimum Gasteiger partial charge on any atom is -0.480 e. The summed E-state index contributed by atoms with van der Waals surface area (Å²) in [6.07, 6.45) is 1.76. The Labute approximate surface area is 138 Å². The van der Waals surface area contributed by atoms with Crippen molar-refractivity contribution in [3.8, 4) is 0 Å². The topological polar surface area (TPSA) is 52.4 Å². The van der Waals surface area contributed by atoms with Gasteiger partial charge in [0.1, 0.15) is 12.6 Å². The van der Waals surface area contributed by atoms with Crippen LogP contribution in [0.2, 0.25) is 0 Å². The molecule has 0 amide bonds. The molecule has 0 saturated carbocycles. The van der Waals surface area contributed by atoms with Gasteiger partial charge >= 0.3 is 0 Å². The maximum absolute atomic E-state index is 5.72. The normalized spacial score (nSPS) is 17.4. The maximum atomic E-state index is 5.72. The van der Waals surface area contributed by atoms with Crippen LogP contribution in [0.25, 0.3) is 0 Å². The first-order chi connectivity index (χ1) is 11.3. The Morgan fingerprint density at radius 3 is 2.61 bits per heavy atom. The van der Waals surface area contributed by atoms with Crippen LogP contribution in [0.3, 0.4) is 0 Å². The van der Waals surface area contributed by atoms with Crippen molar-refractivity contribution in [1.82, 2.24) is 0 Å². The number of hydrogen-bond donors (Lipinski definition) is 0. The molecule has 0 radical (unpaired) electrons. The van der Waals surface area contributed by atoms with Gasteiger partial charge in [-0.2, -0.15) is 0 Å². The van der Waals surface area contributed by atoms with Crippen molar-refractivity contribution < 1.29 is 14.2 Å². The van der Waals surface area contributed by atoms with Crippen LogP contribution in [0.4, 0.5) is 0 Å². The fourth-order valence-corrected chi connectivity index (χ4v) is 2.39. The van der Waals surface area contributed by atoms with Gasteiger partial charge in [-0.1, -0.05) is 30.3 Å². The molecular formula is C18H26N2O3. The number of aliphatic imine (C=N–C) groups is 2. The highest BCUT2D eigenvalue weighted by molar-refractivity contribution is 5.91. The van der Waals surface area contributed by atoms with E-state index in [9.17, 15) is 0 Å². The van der Waals surface area contributed by atoms with Crippen LogP contribution in [0.1, 0.15) is 32.3 Å². The van der Waals surface area contributed by atoms with Gasteiger partial charge in [0.25, 0.3) is 0 Å². The highest BCUT2D eigenvalue weighted by Crippen LogP contribution is 2.12. The van der Waals surface area contributed by atoms with Crippen LogP contribution in [-0.4, -0.2) is 44.2 Å². The molecule has 1 atom stereocenters. The van der Waals surface area contributed by atoms with Gasteiger partial charge in [-0.05, 0) is 32.3 Å². The summed E-state index contributed by atoms with van der Waals surface area (Å²) in [5.74, 6) is 1.42. The first-order valence-corrected chi connectivity index (χ1v) is 8.31. The Balaban J connectivity index is 1.74. The van der Waals surface area contributed by atoms with Crippen LogP contribution in [0, 0.1) is 0 Å². The van der Waals surface area contributed by atoms with E-state index in [1.54, 1.807) is 0 Å². The smallest absolute Gasteiger partial charge is 0.209 e. The summed E-state index contributed by atoms with van der Waals surface area (Å²) in [6.45, 7) is 6.96. The Morgan fingerprint density at radius 1 is 1.09 bits per heavy atom. The van der Waals surface area contributed by atoms with Gasteiger partial charge in [0.05, 0.1) is 19.8 Å². The number of ether oxygens (including phenoxy) is 3. The minimum atomic E-state index is -0.0504. The number of hydrogen-bond acceptors (Lipinski definition) is 5. The molecule has 126 valence electrons. The Kier molecular flexibility index (Phi) is 7.60. The summed E-state index contributed by atoms with van der Waals surface area (Å²) in [5.41, 5.74) is 1.19. The van der Waals surface area contributed by atoms with Crippen LogP contribution < -0.4 is 0 Å². The molecule has 1 aliphatic rings. The molecule has 0 N–H and O–H groups in total. The fourth-order valence-electron chi connectivity index (χ4n) is 2.39. The third-order valence-corrected chi connectivity index (χ3v) is 3.44. The molecular weight excluding hydrogens is 292 g/mol. The third-order valence-electron chi connectivity index (χ3n) is 3.44. The van der Waals surface area contributed by atoms with Crippen molar-refractivity contribution in [3.63, 3.8) is 0 Å². The SMILES string of the molecule is CCOC1=NC(CCCOCc2ccccc2)C(OCC)=NC1. The average Bonchev–Trinajstić information content (AvgIpc) is 2.58. The largest absolute Gasteiger partial charge is 0.480 e. The standard InChI is InChI=1S/C18H26N2O3/c1-3-22-17-13-19-18(23-4-2)16(20-17)11-8-12-21-14-15-9-6-5-7-10-15/h5-7,9-10,16H,3-4,8,11-14H2,1-2H3. The summed E-state index contributed by atoms with van der Waals surface area (Å²) in [4.78, 5) is 9.06. The van der Waals surface area contributed by atoms with Gasteiger partial charge < -0.3 is 14.2 Å². The molecule has 5 nitrogen and oxygen atoms in total. The molecule has 0 aromatic heterocycles. The monoisotopic (exact) mass is 318 g/mol. The number of rotatable bonds is 8. The Bertz CT molecular complexity index is 514. The molecule has 1 aliphatic heterocycles. The minimum absolute atomic E-state index is 0.0504. The van der Waals surface area contributed by atoms with E-state index in [0.717, 1.165) is 18.7 Å². The fraction of sp³-hybridized carbons (Fsp3) is 0.556. The van der Waals surface area contributed by atoms with Crippen LogP contribution in [-0.2, 0) is 20.8 Å². The zero-order valence-corrected chi connectivity index (χ0v) is 14.0. The highest BCUT2D eigenvalue weighted by Gasteiger charge is 2.22. The van der Waals surface area contributed by atoms with Crippen LogP contribution in [0.15, 0.2) is 40.3 Å². The van der Waals surface area contributed by atoms with E-state index in [-0.39, 0.29) is 6.04 Å². The lowest BCUT2D eigenvalue weighted by Gasteiger charge is -2.21. The Hall–Kier alpha value is -1.88. The first kappa shape index (κ1) is 17.5. The zero-order chi connectivity index (χ0) is 16.3. The second kappa shape index (κ2) is 10.0. The predicted octanol–water partition coefficient (Wildman–Crippen LogP) is 3.24.